The van der Waals surface area contributed by atoms with Crippen molar-refractivity contribution in [3.05, 3.63) is 89.5 Å². The average molecular weight is 404 g/mol. The van der Waals surface area contributed by atoms with E-state index in [1.807, 2.05) is 24.3 Å². The third kappa shape index (κ3) is 4.95. The smallest absolute Gasteiger partial charge is 0.157 e. The summed E-state index contributed by atoms with van der Waals surface area (Å²) in [5.41, 5.74) is 3.61. The molecule has 156 valence electrons. The van der Waals surface area contributed by atoms with E-state index in [0.29, 0.717) is 17.8 Å². The lowest BCUT2D eigenvalue weighted by molar-refractivity contribution is 0.175. The Kier molecular flexibility index (Phi) is 6.24. The van der Waals surface area contributed by atoms with Crippen LogP contribution < -0.4 is 0 Å². The minimum Gasteiger partial charge on any atom is -0.508 e. The molecule has 1 heterocycles. The van der Waals surface area contributed by atoms with Gasteiger partial charge in [-0.25, -0.2) is 0 Å². The molecule has 0 aliphatic carbocycles. The Hall–Kier alpha value is -2.98. The topological polar surface area (TPSA) is 63.9 Å². The van der Waals surface area contributed by atoms with E-state index in [2.05, 4.69) is 29.2 Å². The van der Waals surface area contributed by atoms with Crippen LogP contribution in [0.4, 0.5) is 0 Å². The highest BCUT2D eigenvalue weighted by Crippen LogP contribution is 2.33. The predicted octanol–water partition coefficient (Wildman–Crippen LogP) is 5.01. The van der Waals surface area contributed by atoms with Gasteiger partial charge in [0.1, 0.15) is 5.75 Å². The van der Waals surface area contributed by atoms with Crippen LogP contribution in [0.15, 0.2) is 72.8 Å². The van der Waals surface area contributed by atoms with Crippen LogP contribution in [0.2, 0.25) is 0 Å². The Morgan fingerprint density at radius 2 is 1.40 bits per heavy atom. The summed E-state index contributed by atoms with van der Waals surface area (Å²) < 4.78 is 0. The summed E-state index contributed by atoms with van der Waals surface area (Å²) in [4.78, 5) is 2.61. The van der Waals surface area contributed by atoms with E-state index in [0.717, 1.165) is 44.2 Å². The molecule has 0 aromatic heterocycles. The first-order valence-corrected chi connectivity index (χ1v) is 10.7. The molecule has 1 aliphatic heterocycles. The molecule has 1 aliphatic rings. The molecule has 3 aromatic carbocycles. The summed E-state index contributed by atoms with van der Waals surface area (Å²) in [6.07, 6.45) is 5.20. The molecule has 0 amide bonds. The summed E-state index contributed by atoms with van der Waals surface area (Å²) in [6, 6.07) is 24.2. The predicted molar refractivity (Wildman–Crippen MR) is 119 cm³/mol. The fourth-order valence-corrected chi connectivity index (χ4v) is 4.56. The van der Waals surface area contributed by atoms with E-state index in [4.69, 9.17) is 0 Å². The van der Waals surface area contributed by atoms with Crippen molar-refractivity contribution in [2.45, 2.75) is 50.7 Å². The van der Waals surface area contributed by atoms with Crippen molar-refractivity contribution in [2.24, 2.45) is 0 Å². The number of aryl methyl sites for hydroxylation is 1. The van der Waals surface area contributed by atoms with Crippen molar-refractivity contribution in [1.82, 2.24) is 4.90 Å². The van der Waals surface area contributed by atoms with Crippen LogP contribution in [0.3, 0.4) is 0 Å². The first kappa shape index (κ1) is 20.3. The molecule has 0 saturated carbocycles. The molecule has 2 atom stereocenters. The van der Waals surface area contributed by atoms with E-state index in [1.165, 1.54) is 11.1 Å². The summed E-state index contributed by atoms with van der Waals surface area (Å²) >= 11 is 0. The van der Waals surface area contributed by atoms with Crippen molar-refractivity contribution in [1.29, 1.82) is 0 Å². The molecule has 3 aromatic rings. The number of likely N-dealkylation sites (tertiary alicyclic amines) is 1. The van der Waals surface area contributed by atoms with E-state index < -0.39 is 0 Å². The van der Waals surface area contributed by atoms with E-state index in [-0.39, 0.29) is 11.5 Å². The molecule has 4 heteroatoms. The van der Waals surface area contributed by atoms with Crippen LogP contribution in [0, 0.1) is 0 Å². The fourth-order valence-electron chi connectivity index (χ4n) is 4.56. The molecule has 0 radical (unpaired) electrons. The van der Waals surface area contributed by atoms with Crippen LogP contribution in [0.1, 0.15) is 36.0 Å². The van der Waals surface area contributed by atoms with Crippen molar-refractivity contribution < 1.29 is 15.3 Å². The summed E-state index contributed by atoms with van der Waals surface area (Å²) in [7, 11) is 0. The summed E-state index contributed by atoms with van der Waals surface area (Å²) in [5, 5.41) is 29.0. The first-order chi connectivity index (χ1) is 14.6. The van der Waals surface area contributed by atoms with Gasteiger partial charge in [-0.05, 0) is 73.1 Å². The number of benzene rings is 3. The van der Waals surface area contributed by atoms with E-state index in [1.54, 1.807) is 24.3 Å². The Morgan fingerprint density at radius 1 is 0.700 bits per heavy atom. The molecule has 0 spiro atoms. The SMILES string of the molecule is Oc1ccc(CCC2CCC(Cc3ccc(O)c(O)c3)N2Cc2ccccc2)cc1. The number of aromatic hydroxyl groups is 3. The maximum absolute atomic E-state index is 9.88. The number of nitrogens with zero attached hydrogens (tertiary/aromatic N) is 1. The molecule has 3 N–H and O–H groups in total. The molecule has 1 saturated heterocycles. The quantitative estimate of drug-likeness (QED) is 0.485. The van der Waals surface area contributed by atoms with E-state index in [9.17, 15) is 15.3 Å². The van der Waals surface area contributed by atoms with Crippen molar-refractivity contribution in [2.75, 3.05) is 0 Å². The Morgan fingerprint density at radius 3 is 2.13 bits per heavy atom. The van der Waals surface area contributed by atoms with Gasteiger partial charge in [0.2, 0.25) is 0 Å². The van der Waals surface area contributed by atoms with Gasteiger partial charge >= 0.3 is 0 Å². The van der Waals surface area contributed by atoms with Gasteiger partial charge in [-0.1, -0.05) is 48.5 Å². The number of rotatable bonds is 7. The van der Waals surface area contributed by atoms with Gasteiger partial charge in [-0.2, -0.15) is 0 Å². The van der Waals surface area contributed by atoms with Crippen molar-refractivity contribution in [3.63, 3.8) is 0 Å². The molecule has 4 rings (SSSR count). The maximum atomic E-state index is 9.88. The highest BCUT2D eigenvalue weighted by atomic mass is 16.3. The fraction of sp³-hybridized carbons (Fsp3) is 0.308. The molecule has 4 nitrogen and oxygen atoms in total. The van der Waals surface area contributed by atoms with Gasteiger partial charge in [0.25, 0.3) is 0 Å². The van der Waals surface area contributed by atoms with Crippen molar-refractivity contribution >= 4 is 0 Å². The zero-order valence-electron chi connectivity index (χ0n) is 17.1. The van der Waals surface area contributed by atoms with Gasteiger partial charge in [-0.3, -0.25) is 4.90 Å². The number of hydrogen-bond donors (Lipinski definition) is 3. The second-order valence-corrected chi connectivity index (χ2v) is 8.28. The monoisotopic (exact) mass is 403 g/mol. The standard InChI is InChI=1S/C26H29NO3/c28-24-13-7-19(8-14-24)6-10-22-11-12-23(16-21-9-15-25(29)26(30)17-21)27(22)18-20-4-2-1-3-5-20/h1-5,7-9,13-15,17,22-23,28-30H,6,10-12,16,18H2. The molecular weight excluding hydrogens is 374 g/mol. The summed E-state index contributed by atoms with van der Waals surface area (Å²) in [5.74, 6) is 0.185. The molecule has 1 fully saturated rings. The first-order valence-electron chi connectivity index (χ1n) is 10.7. The lowest BCUT2D eigenvalue weighted by Crippen LogP contribution is -2.37. The maximum Gasteiger partial charge on any atom is 0.157 e. The van der Waals surface area contributed by atoms with E-state index >= 15 is 0 Å². The number of phenolic OH excluding ortho intramolecular Hbond substituents is 3. The van der Waals surface area contributed by atoms with Gasteiger partial charge in [-0.15, -0.1) is 0 Å². The average Bonchev–Trinajstić information content (AvgIpc) is 3.12. The van der Waals surface area contributed by atoms with Crippen LogP contribution in [-0.4, -0.2) is 32.3 Å². The van der Waals surface area contributed by atoms with Crippen LogP contribution in [0.25, 0.3) is 0 Å². The lowest BCUT2D eigenvalue weighted by atomic mass is 10.0. The second-order valence-electron chi connectivity index (χ2n) is 8.28. The van der Waals surface area contributed by atoms with Gasteiger partial charge in [0, 0.05) is 18.6 Å². The normalized spacial score (nSPS) is 19.2. The number of phenols is 3. The van der Waals surface area contributed by atoms with Crippen LogP contribution in [-0.2, 0) is 19.4 Å². The van der Waals surface area contributed by atoms with Gasteiger partial charge in [0.15, 0.2) is 11.5 Å². The third-order valence-corrected chi connectivity index (χ3v) is 6.19. The second kappa shape index (κ2) is 9.23. The van der Waals surface area contributed by atoms with Crippen molar-refractivity contribution in [3.8, 4) is 17.2 Å². The Balaban J connectivity index is 1.48. The Labute approximate surface area is 178 Å². The Bertz CT molecular complexity index is 956. The van der Waals surface area contributed by atoms with Crippen LogP contribution in [0.5, 0.6) is 17.2 Å². The lowest BCUT2D eigenvalue weighted by Gasteiger charge is -2.31. The van der Waals surface area contributed by atoms with Gasteiger partial charge < -0.3 is 15.3 Å². The van der Waals surface area contributed by atoms with Crippen LogP contribution >= 0.6 is 0 Å². The van der Waals surface area contributed by atoms with Gasteiger partial charge in [0.05, 0.1) is 0 Å². The zero-order valence-corrected chi connectivity index (χ0v) is 17.1. The summed E-state index contributed by atoms with van der Waals surface area (Å²) in [6.45, 7) is 0.913. The third-order valence-electron chi connectivity index (χ3n) is 6.19. The highest BCUT2D eigenvalue weighted by molar-refractivity contribution is 5.40. The minimum atomic E-state index is -0.0712. The molecular formula is C26H29NO3. The largest absolute Gasteiger partial charge is 0.508 e. The number of hydrogen-bond acceptors (Lipinski definition) is 4. The molecule has 2 unspecified atom stereocenters. The zero-order chi connectivity index (χ0) is 20.9. The molecule has 30 heavy (non-hydrogen) atoms. The minimum absolute atomic E-state index is 0.0519. The molecule has 0 bridgehead atoms. The highest BCUT2D eigenvalue weighted by Gasteiger charge is 2.33.